The Kier molecular flexibility index (Phi) is 6.82. The van der Waals surface area contributed by atoms with Crippen molar-refractivity contribution in [3.05, 3.63) is 5.01 Å². The zero-order chi connectivity index (χ0) is 13.4. The number of carbonyl (C=O) groups is 1. The number of aromatic nitrogens is 2. The van der Waals surface area contributed by atoms with E-state index >= 15 is 0 Å². The highest BCUT2D eigenvalue weighted by molar-refractivity contribution is 7.15. The predicted molar refractivity (Wildman–Crippen MR) is 74.7 cm³/mol. The van der Waals surface area contributed by atoms with Gasteiger partial charge >= 0.3 is 0 Å². The Hall–Kier alpha value is -1.01. The third-order valence-corrected chi connectivity index (χ3v) is 3.53. The summed E-state index contributed by atoms with van der Waals surface area (Å²) < 4.78 is 0. The second-order valence-corrected chi connectivity index (χ2v) is 5.40. The van der Waals surface area contributed by atoms with Gasteiger partial charge < -0.3 is 5.73 Å². The van der Waals surface area contributed by atoms with Gasteiger partial charge in [-0.3, -0.25) is 10.1 Å². The van der Waals surface area contributed by atoms with Crippen LogP contribution in [0, 0.1) is 0 Å². The summed E-state index contributed by atoms with van der Waals surface area (Å²) in [6, 6.07) is -0.456. The van der Waals surface area contributed by atoms with E-state index in [0.717, 1.165) is 24.3 Å². The average Bonchev–Trinajstić information content (AvgIpc) is 2.77. The first-order chi connectivity index (χ1) is 8.67. The van der Waals surface area contributed by atoms with Crippen LogP contribution in [0.2, 0.25) is 0 Å². The molecule has 1 rings (SSSR count). The molecule has 102 valence electrons. The van der Waals surface area contributed by atoms with Crippen molar-refractivity contribution >= 4 is 22.4 Å². The Morgan fingerprint density at radius 1 is 1.33 bits per heavy atom. The van der Waals surface area contributed by atoms with E-state index < -0.39 is 6.04 Å². The number of aryl methyl sites for hydroxylation is 1. The Balaban J connectivity index is 2.41. The molecule has 0 spiro atoms. The molecule has 0 aromatic carbocycles. The third-order valence-electron chi connectivity index (χ3n) is 2.63. The van der Waals surface area contributed by atoms with Crippen LogP contribution in [0.25, 0.3) is 0 Å². The third kappa shape index (κ3) is 5.10. The van der Waals surface area contributed by atoms with E-state index in [2.05, 4.69) is 22.4 Å². The Bertz CT molecular complexity index is 367. The molecule has 0 fully saturated rings. The minimum atomic E-state index is -0.456. The summed E-state index contributed by atoms with van der Waals surface area (Å²) in [6.07, 6.45) is 6.02. The molecule has 18 heavy (non-hydrogen) atoms. The number of unbranched alkanes of at least 4 members (excludes halogenated alkanes) is 2. The zero-order valence-electron chi connectivity index (χ0n) is 11.1. The molecule has 1 aromatic rings. The van der Waals surface area contributed by atoms with Crippen molar-refractivity contribution in [1.82, 2.24) is 10.2 Å². The summed E-state index contributed by atoms with van der Waals surface area (Å²) in [5.74, 6) is -0.173. The molecule has 1 atom stereocenters. The maximum atomic E-state index is 11.7. The monoisotopic (exact) mass is 270 g/mol. The first-order valence-corrected chi connectivity index (χ1v) is 7.37. The van der Waals surface area contributed by atoms with Gasteiger partial charge in [-0.1, -0.05) is 44.4 Å². The molecule has 5 nitrogen and oxygen atoms in total. The molecule has 0 aliphatic rings. The normalized spacial score (nSPS) is 12.4. The maximum absolute atomic E-state index is 11.7. The van der Waals surface area contributed by atoms with Gasteiger partial charge in [0.1, 0.15) is 5.01 Å². The van der Waals surface area contributed by atoms with E-state index in [1.54, 1.807) is 0 Å². The summed E-state index contributed by atoms with van der Waals surface area (Å²) in [5, 5.41) is 12.3. The summed E-state index contributed by atoms with van der Waals surface area (Å²) in [6.45, 7) is 4.17. The molecule has 1 unspecified atom stereocenters. The molecule has 0 aliphatic carbocycles. The summed E-state index contributed by atoms with van der Waals surface area (Å²) in [4.78, 5) is 11.7. The largest absolute Gasteiger partial charge is 0.320 e. The summed E-state index contributed by atoms with van der Waals surface area (Å²) in [7, 11) is 0. The van der Waals surface area contributed by atoms with Crippen LogP contribution in [0.4, 0.5) is 5.13 Å². The van der Waals surface area contributed by atoms with E-state index in [1.807, 2.05) is 6.92 Å². The highest BCUT2D eigenvalue weighted by atomic mass is 32.1. The molecule has 0 saturated heterocycles. The van der Waals surface area contributed by atoms with Crippen LogP contribution in [0.15, 0.2) is 0 Å². The van der Waals surface area contributed by atoms with E-state index in [9.17, 15) is 4.79 Å². The number of nitrogens with two attached hydrogens (primary N) is 1. The molecule has 0 bridgehead atoms. The van der Waals surface area contributed by atoms with Gasteiger partial charge in [0.2, 0.25) is 11.0 Å². The fraction of sp³-hybridized carbons (Fsp3) is 0.750. The van der Waals surface area contributed by atoms with Gasteiger partial charge in [-0.05, 0) is 12.8 Å². The van der Waals surface area contributed by atoms with Crippen molar-refractivity contribution in [1.29, 1.82) is 0 Å². The minimum Gasteiger partial charge on any atom is -0.320 e. The molecule has 0 radical (unpaired) electrons. The average molecular weight is 270 g/mol. The molecular weight excluding hydrogens is 248 g/mol. The van der Waals surface area contributed by atoms with E-state index in [-0.39, 0.29) is 5.91 Å². The molecule has 3 N–H and O–H groups in total. The Labute approximate surface area is 112 Å². The van der Waals surface area contributed by atoms with Crippen LogP contribution in [0.3, 0.4) is 0 Å². The number of rotatable bonds is 8. The van der Waals surface area contributed by atoms with Crippen LogP contribution >= 0.6 is 11.3 Å². The Morgan fingerprint density at radius 2 is 2.11 bits per heavy atom. The lowest BCUT2D eigenvalue weighted by Gasteiger charge is -2.08. The molecule has 0 aliphatic heterocycles. The van der Waals surface area contributed by atoms with E-state index in [0.29, 0.717) is 11.6 Å². The number of hydrogen-bond acceptors (Lipinski definition) is 5. The van der Waals surface area contributed by atoms with Gasteiger partial charge in [0.15, 0.2) is 0 Å². The summed E-state index contributed by atoms with van der Waals surface area (Å²) in [5.41, 5.74) is 5.73. The van der Waals surface area contributed by atoms with Gasteiger partial charge in [0, 0.05) is 6.42 Å². The number of nitrogens with one attached hydrogen (secondary N) is 1. The van der Waals surface area contributed by atoms with E-state index in [4.69, 9.17) is 5.73 Å². The highest BCUT2D eigenvalue weighted by Gasteiger charge is 2.14. The number of amides is 1. The van der Waals surface area contributed by atoms with Crippen molar-refractivity contribution in [2.24, 2.45) is 5.73 Å². The lowest BCUT2D eigenvalue weighted by molar-refractivity contribution is -0.117. The summed E-state index contributed by atoms with van der Waals surface area (Å²) >= 11 is 1.44. The fourth-order valence-corrected chi connectivity index (χ4v) is 2.36. The standard InChI is InChI=1S/C12H22N4OS/c1-3-5-6-8-10-15-16-12(18-10)14-11(17)9(13)7-4-2/h9H,3-8,13H2,1-2H3,(H,14,16,17). The fourth-order valence-electron chi connectivity index (χ4n) is 1.57. The lowest BCUT2D eigenvalue weighted by atomic mass is 10.2. The van der Waals surface area contributed by atoms with Gasteiger partial charge in [-0.25, -0.2) is 0 Å². The maximum Gasteiger partial charge on any atom is 0.243 e. The molecule has 6 heteroatoms. The van der Waals surface area contributed by atoms with Crippen molar-refractivity contribution in [2.75, 3.05) is 5.32 Å². The SMILES string of the molecule is CCCCCc1nnc(NC(=O)C(N)CCC)s1. The quantitative estimate of drug-likeness (QED) is 0.710. The number of nitrogens with zero attached hydrogens (tertiary/aromatic N) is 2. The molecule has 0 saturated carbocycles. The van der Waals surface area contributed by atoms with Crippen LogP contribution in [-0.2, 0) is 11.2 Å². The van der Waals surface area contributed by atoms with Gasteiger partial charge in [0.05, 0.1) is 6.04 Å². The van der Waals surface area contributed by atoms with Crippen molar-refractivity contribution in [3.8, 4) is 0 Å². The molecule has 1 aromatic heterocycles. The van der Waals surface area contributed by atoms with Crippen molar-refractivity contribution in [3.63, 3.8) is 0 Å². The topological polar surface area (TPSA) is 80.9 Å². The minimum absolute atomic E-state index is 0.173. The number of anilines is 1. The van der Waals surface area contributed by atoms with Crippen LogP contribution in [-0.4, -0.2) is 22.1 Å². The molecular formula is C12H22N4OS. The first-order valence-electron chi connectivity index (χ1n) is 6.56. The van der Waals surface area contributed by atoms with Crippen LogP contribution < -0.4 is 11.1 Å². The van der Waals surface area contributed by atoms with Crippen LogP contribution in [0.1, 0.15) is 51.0 Å². The Morgan fingerprint density at radius 3 is 2.78 bits per heavy atom. The van der Waals surface area contributed by atoms with Gasteiger partial charge in [-0.15, -0.1) is 10.2 Å². The second kappa shape index (κ2) is 8.16. The second-order valence-electron chi connectivity index (χ2n) is 4.34. The predicted octanol–water partition coefficient (Wildman–Crippen LogP) is 2.34. The van der Waals surface area contributed by atoms with Crippen molar-refractivity contribution < 1.29 is 4.79 Å². The van der Waals surface area contributed by atoms with Crippen molar-refractivity contribution in [2.45, 2.75) is 58.4 Å². The van der Waals surface area contributed by atoms with Gasteiger partial charge in [-0.2, -0.15) is 0 Å². The van der Waals surface area contributed by atoms with E-state index in [1.165, 1.54) is 24.2 Å². The smallest absolute Gasteiger partial charge is 0.243 e. The van der Waals surface area contributed by atoms with Crippen LogP contribution in [0.5, 0.6) is 0 Å². The highest BCUT2D eigenvalue weighted by Crippen LogP contribution is 2.17. The zero-order valence-corrected chi connectivity index (χ0v) is 11.9. The molecule has 1 heterocycles. The lowest BCUT2D eigenvalue weighted by Crippen LogP contribution is -2.35. The molecule has 1 amide bonds. The van der Waals surface area contributed by atoms with Gasteiger partial charge in [0.25, 0.3) is 0 Å². The number of carbonyl (C=O) groups excluding carboxylic acids is 1. The number of hydrogen-bond donors (Lipinski definition) is 2. The first kappa shape index (κ1) is 15.0.